The summed E-state index contributed by atoms with van der Waals surface area (Å²) in [7, 11) is 3.32. The summed E-state index contributed by atoms with van der Waals surface area (Å²) in [5.41, 5.74) is 1.81. The molecule has 1 aromatic carbocycles. The van der Waals surface area contributed by atoms with Gasteiger partial charge in [-0.05, 0) is 6.07 Å². The quantitative estimate of drug-likeness (QED) is 0.766. The van der Waals surface area contributed by atoms with E-state index in [2.05, 4.69) is 14.9 Å². The van der Waals surface area contributed by atoms with E-state index in [4.69, 9.17) is 0 Å². The molecule has 0 amide bonds. The average Bonchev–Trinajstić information content (AvgIpc) is 2.43. The maximum atomic E-state index is 11.1. The van der Waals surface area contributed by atoms with Gasteiger partial charge in [0.2, 0.25) is 0 Å². The van der Waals surface area contributed by atoms with Crippen molar-refractivity contribution in [2.24, 2.45) is 0 Å². The van der Waals surface area contributed by atoms with E-state index in [0.29, 0.717) is 13.0 Å². The van der Waals surface area contributed by atoms with Crippen molar-refractivity contribution in [2.75, 3.05) is 25.6 Å². The first-order chi connectivity index (χ1) is 8.72. The summed E-state index contributed by atoms with van der Waals surface area (Å²) in [6.07, 6.45) is 2.06. The summed E-state index contributed by atoms with van der Waals surface area (Å²) in [5, 5.41) is 9.07. The van der Waals surface area contributed by atoms with Gasteiger partial charge in [0.25, 0.3) is 0 Å². The van der Waals surface area contributed by atoms with Crippen molar-refractivity contribution in [3.05, 3.63) is 30.5 Å². The van der Waals surface area contributed by atoms with Gasteiger partial charge in [0.1, 0.15) is 0 Å². The Morgan fingerprint density at radius 3 is 2.94 bits per heavy atom. The number of aromatic nitrogens is 2. The number of carbonyl (C=O) groups excluding carboxylic acids is 1. The van der Waals surface area contributed by atoms with E-state index in [1.165, 1.54) is 7.11 Å². The van der Waals surface area contributed by atoms with Crippen molar-refractivity contribution in [2.45, 2.75) is 6.42 Å². The molecule has 18 heavy (non-hydrogen) atoms. The standard InChI is InChI=1S/C13H15N3O2/c1-16(8-7-13(17)18-2)12-9-14-15-11-6-4-3-5-10(11)12/h3-6,9H,7-8H2,1-2H3. The van der Waals surface area contributed by atoms with Crippen LogP contribution in [-0.2, 0) is 9.53 Å². The molecule has 0 saturated heterocycles. The predicted molar refractivity (Wildman–Crippen MR) is 69.4 cm³/mol. The lowest BCUT2D eigenvalue weighted by molar-refractivity contribution is -0.140. The number of fused-ring (bicyclic) bond motifs is 1. The molecule has 1 heterocycles. The lowest BCUT2D eigenvalue weighted by Crippen LogP contribution is -2.22. The molecule has 94 valence electrons. The number of esters is 1. The fourth-order valence-electron chi connectivity index (χ4n) is 1.78. The minimum Gasteiger partial charge on any atom is -0.469 e. The molecule has 2 rings (SSSR count). The molecule has 0 N–H and O–H groups in total. The summed E-state index contributed by atoms with van der Waals surface area (Å²) < 4.78 is 4.63. The number of nitrogens with zero attached hydrogens (tertiary/aromatic N) is 3. The van der Waals surface area contributed by atoms with Crippen LogP contribution in [0.1, 0.15) is 6.42 Å². The lowest BCUT2D eigenvalue weighted by Gasteiger charge is -2.19. The Hall–Kier alpha value is -2.17. The Morgan fingerprint density at radius 1 is 1.39 bits per heavy atom. The second-order valence-corrected chi connectivity index (χ2v) is 3.99. The van der Waals surface area contributed by atoms with E-state index in [1.54, 1.807) is 6.20 Å². The Balaban J connectivity index is 2.22. The smallest absolute Gasteiger partial charge is 0.307 e. The zero-order valence-electron chi connectivity index (χ0n) is 10.5. The molecule has 0 unspecified atom stereocenters. The summed E-state index contributed by atoms with van der Waals surface area (Å²) in [6.45, 7) is 0.586. The predicted octanol–water partition coefficient (Wildman–Crippen LogP) is 1.63. The van der Waals surface area contributed by atoms with Crippen molar-refractivity contribution in [1.29, 1.82) is 0 Å². The third-order valence-corrected chi connectivity index (χ3v) is 2.82. The topological polar surface area (TPSA) is 55.3 Å². The van der Waals surface area contributed by atoms with Crippen molar-refractivity contribution < 1.29 is 9.53 Å². The van der Waals surface area contributed by atoms with E-state index in [0.717, 1.165) is 16.6 Å². The van der Waals surface area contributed by atoms with Gasteiger partial charge in [-0.15, -0.1) is 0 Å². The maximum absolute atomic E-state index is 11.1. The second kappa shape index (κ2) is 5.44. The van der Waals surface area contributed by atoms with Gasteiger partial charge in [-0.3, -0.25) is 4.79 Å². The first-order valence-corrected chi connectivity index (χ1v) is 5.70. The van der Waals surface area contributed by atoms with E-state index >= 15 is 0 Å². The Morgan fingerprint density at radius 2 is 2.17 bits per heavy atom. The van der Waals surface area contributed by atoms with Gasteiger partial charge in [-0.1, -0.05) is 18.2 Å². The highest BCUT2D eigenvalue weighted by molar-refractivity contribution is 5.90. The fraction of sp³-hybridized carbons (Fsp3) is 0.308. The van der Waals surface area contributed by atoms with Gasteiger partial charge in [0.15, 0.2) is 0 Å². The molecule has 0 aliphatic carbocycles. The van der Waals surface area contributed by atoms with Crippen LogP contribution < -0.4 is 4.90 Å². The highest BCUT2D eigenvalue weighted by Crippen LogP contribution is 2.22. The maximum Gasteiger partial charge on any atom is 0.307 e. The van der Waals surface area contributed by atoms with Crippen LogP contribution in [0.2, 0.25) is 0 Å². The lowest BCUT2D eigenvalue weighted by atomic mass is 10.2. The second-order valence-electron chi connectivity index (χ2n) is 3.99. The molecular formula is C13H15N3O2. The number of carbonyl (C=O) groups is 1. The SMILES string of the molecule is COC(=O)CCN(C)c1cnnc2ccccc12. The number of hydrogen-bond donors (Lipinski definition) is 0. The molecular weight excluding hydrogens is 230 g/mol. The molecule has 0 spiro atoms. The van der Waals surface area contributed by atoms with Gasteiger partial charge in [0, 0.05) is 19.0 Å². The van der Waals surface area contributed by atoms with Crippen molar-refractivity contribution >= 4 is 22.6 Å². The molecule has 0 saturated carbocycles. The fourth-order valence-corrected chi connectivity index (χ4v) is 1.78. The molecule has 1 aromatic heterocycles. The number of ether oxygens (including phenoxy) is 1. The van der Waals surface area contributed by atoms with Crippen LogP contribution in [0.25, 0.3) is 10.9 Å². The highest BCUT2D eigenvalue weighted by Gasteiger charge is 2.09. The summed E-state index contributed by atoms with van der Waals surface area (Å²) >= 11 is 0. The van der Waals surface area contributed by atoms with Crippen molar-refractivity contribution in [3.63, 3.8) is 0 Å². The van der Waals surface area contributed by atoms with Crippen LogP contribution in [0.3, 0.4) is 0 Å². The van der Waals surface area contributed by atoms with Gasteiger partial charge >= 0.3 is 5.97 Å². The molecule has 0 radical (unpaired) electrons. The van der Waals surface area contributed by atoms with Gasteiger partial charge in [-0.2, -0.15) is 10.2 Å². The van der Waals surface area contributed by atoms with Gasteiger partial charge < -0.3 is 9.64 Å². The largest absolute Gasteiger partial charge is 0.469 e. The molecule has 5 heteroatoms. The molecule has 2 aromatic rings. The zero-order chi connectivity index (χ0) is 13.0. The van der Waals surface area contributed by atoms with Gasteiger partial charge in [-0.25, -0.2) is 0 Å². The van der Waals surface area contributed by atoms with Crippen LogP contribution >= 0.6 is 0 Å². The average molecular weight is 245 g/mol. The third-order valence-electron chi connectivity index (χ3n) is 2.82. The number of methoxy groups -OCH3 is 1. The number of hydrogen-bond acceptors (Lipinski definition) is 5. The summed E-state index contributed by atoms with van der Waals surface area (Å²) in [6, 6.07) is 7.80. The minimum absolute atomic E-state index is 0.215. The molecule has 0 aliphatic heterocycles. The van der Waals surface area contributed by atoms with Crippen molar-refractivity contribution in [3.8, 4) is 0 Å². The number of rotatable bonds is 4. The van der Waals surface area contributed by atoms with Crippen LogP contribution in [0.4, 0.5) is 5.69 Å². The van der Waals surface area contributed by atoms with Crippen LogP contribution in [0.15, 0.2) is 30.5 Å². The monoisotopic (exact) mass is 245 g/mol. The summed E-state index contributed by atoms with van der Waals surface area (Å²) in [5.74, 6) is -0.215. The molecule has 0 fully saturated rings. The van der Waals surface area contributed by atoms with Crippen molar-refractivity contribution in [1.82, 2.24) is 10.2 Å². The minimum atomic E-state index is -0.215. The van der Waals surface area contributed by atoms with E-state index in [9.17, 15) is 4.79 Å². The summed E-state index contributed by atoms with van der Waals surface area (Å²) in [4.78, 5) is 13.1. The molecule has 5 nitrogen and oxygen atoms in total. The van der Waals surface area contributed by atoms with Crippen LogP contribution in [-0.4, -0.2) is 36.9 Å². The first-order valence-electron chi connectivity index (χ1n) is 5.70. The molecule has 0 atom stereocenters. The number of anilines is 1. The molecule has 0 aliphatic rings. The Bertz CT molecular complexity index is 551. The number of benzene rings is 1. The molecule has 0 bridgehead atoms. The Kier molecular flexibility index (Phi) is 3.72. The van der Waals surface area contributed by atoms with Gasteiger partial charge in [0.05, 0.1) is 30.9 Å². The highest BCUT2D eigenvalue weighted by atomic mass is 16.5. The third kappa shape index (κ3) is 2.56. The normalized spacial score (nSPS) is 10.3. The van der Waals surface area contributed by atoms with Crippen LogP contribution in [0.5, 0.6) is 0 Å². The zero-order valence-corrected chi connectivity index (χ0v) is 10.5. The van der Waals surface area contributed by atoms with E-state index < -0.39 is 0 Å². The van der Waals surface area contributed by atoms with Crippen LogP contribution in [0, 0.1) is 0 Å². The van der Waals surface area contributed by atoms with E-state index in [-0.39, 0.29) is 5.97 Å². The Labute approximate surface area is 105 Å². The van der Waals surface area contributed by atoms with E-state index in [1.807, 2.05) is 36.2 Å². The first kappa shape index (κ1) is 12.3.